The lowest BCUT2D eigenvalue weighted by Gasteiger charge is -2.22. The third-order valence-electron chi connectivity index (χ3n) is 2.46. The zero-order chi connectivity index (χ0) is 15.4. The lowest BCUT2D eigenvalue weighted by atomic mass is 10.1. The average Bonchev–Trinajstić information content (AvgIpc) is 2.23. The van der Waals surface area contributed by atoms with E-state index < -0.39 is 27.8 Å². The maximum atomic E-state index is 11.0. The van der Waals surface area contributed by atoms with E-state index in [-0.39, 0.29) is 6.54 Å². The van der Waals surface area contributed by atoms with Gasteiger partial charge in [-0.05, 0) is 24.1 Å². The Bertz CT molecular complexity index is 499. The first kappa shape index (κ1) is 17.3. The Morgan fingerprint density at radius 1 is 0.950 bits per heavy atom. The Balaban J connectivity index is 2.66. The molecule has 10 heteroatoms. The molecule has 1 aromatic rings. The molecule has 0 fully saturated rings. The Morgan fingerprint density at radius 2 is 1.40 bits per heavy atom. The first-order valence-electron chi connectivity index (χ1n) is 5.71. The maximum Gasteiger partial charge on any atom is 0.339 e. The highest BCUT2D eigenvalue weighted by atomic mass is 31.2. The van der Waals surface area contributed by atoms with Crippen molar-refractivity contribution in [2.75, 3.05) is 24.9 Å². The minimum absolute atomic E-state index is 0.125. The Morgan fingerprint density at radius 3 is 1.80 bits per heavy atom. The summed E-state index contributed by atoms with van der Waals surface area (Å²) in [6, 6.07) is 6.88. The summed E-state index contributed by atoms with van der Waals surface area (Å²) in [6.45, 7) is 0.125. The molecule has 0 aliphatic carbocycles. The van der Waals surface area contributed by atoms with Crippen molar-refractivity contribution < 1.29 is 28.7 Å². The molecule has 0 unspecified atom stereocenters. The molecule has 0 atom stereocenters. The van der Waals surface area contributed by atoms with Crippen LogP contribution in [-0.4, -0.2) is 43.6 Å². The van der Waals surface area contributed by atoms with Crippen LogP contribution in [0.4, 0.5) is 5.69 Å². The van der Waals surface area contributed by atoms with Gasteiger partial charge in [0.15, 0.2) is 0 Å². The van der Waals surface area contributed by atoms with Gasteiger partial charge in [0.2, 0.25) is 0 Å². The van der Waals surface area contributed by atoms with E-state index in [1.165, 1.54) is 0 Å². The third-order valence-corrected chi connectivity index (χ3v) is 4.00. The topological polar surface area (TPSA) is 144 Å². The van der Waals surface area contributed by atoms with Crippen LogP contribution in [0.3, 0.4) is 0 Å². The first-order valence-corrected chi connectivity index (χ1v) is 9.31. The number of nitrogens with zero attached hydrogens (tertiary/aromatic N) is 1. The largest absolute Gasteiger partial charge is 0.399 e. The summed E-state index contributed by atoms with van der Waals surface area (Å²) < 4.78 is 21.9. The second kappa shape index (κ2) is 6.83. The summed E-state index contributed by atoms with van der Waals surface area (Å²) in [6.07, 6.45) is -0.972. The minimum Gasteiger partial charge on any atom is -0.399 e. The molecule has 0 aromatic heterocycles. The molecule has 0 heterocycles. The molecule has 0 spiro atoms. The van der Waals surface area contributed by atoms with Crippen LogP contribution >= 0.6 is 15.2 Å². The quantitative estimate of drug-likeness (QED) is 0.358. The number of anilines is 1. The van der Waals surface area contributed by atoms with Crippen molar-refractivity contribution in [2.24, 2.45) is 0 Å². The van der Waals surface area contributed by atoms with Crippen molar-refractivity contribution >= 4 is 20.9 Å². The SMILES string of the molecule is Nc1ccc(CCN(CP(=O)(O)O)CP(=O)(O)O)cc1. The van der Waals surface area contributed by atoms with Crippen LogP contribution in [0.1, 0.15) is 5.56 Å². The van der Waals surface area contributed by atoms with Crippen molar-refractivity contribution in [1.29, 1.82) is 0 Å². The highest BCUT2D eigenvalue weighted by Gasteiger charge is 2.25. The number of nitrogens with two attached hydrogens (primary N) is 1. The standard InChI is InChI=1S/C10H18N2O6P2/c11-10-3-1-9(2-4-10)5-6-12(7-19(13,14)15)8-20(16,17)18/h1-4H,5-8,11H2,(H2,13,14,15)(H2,16,17,18). The molecule has 0 saturated carbocycles. The second-order valence-corrected chi connectivity index (χ2v) is 7.72. The molecular weight excluding hydrogens is 306 g/mol. The van der Waals surface area contributed by atoms with Crippen LogP contribution in [0.2, 0.25) is 0 Å². The number of nitrogen functional groups attached to an aromatic ring is 1. The summed E-state index contributed by atoms with van der Waals surface area (Å²) >= 11 is 0. The van der Waals surface area contributed by atoms with Crippen LogP contribution < -0.4 is 5.73 Å². The van der Waals surface area contributed by atoms with Gasteiger partial charge < -0.3 is 25.3 Å². The van der Waals surface area contributed by atoms with E-state index in [1.807, 2.05) is 0 Å². The van der Waals surface area contributed by atoms with Gasteiger partial charge in [-0.25, -0.2) is 0 Å². The maximum absolute atomic E-state index is 11.0. The molecule has 1 aromatic carbocycles. The molecule has 0 saturated heterocycles. The van der Waals surface area contributed by atoms with Crippen LogP contribution in [0.15, 0.2) is 24.3 Å². The molecule has 0 bridgehead atoms. The highest BCUT2D eigenvalue weighted by Crippen LogP contribution is 2.40. The van der Waals surface area contributed by atoms with Gasteiger partial charge in [0.1, 0.15) is 12.6 Å². The van der Waals surface area contributed by atoms with Crippen molar-refractivity contribution in [3.05, 3.63) is 29.8 Å². The van der Waals surface area contributed by atoms with Gasteiger partial charge in [0, 0.05) is 12.2 Å². The van der Waals surface area contributed by atoms with Crippen molar-refractivity contribution in [2.45, 2.75) is 6.42 Å². The fourth-order valence-corrected chi connectivity index (χ4v) is 3.36. The van der Waals surface area contributed by atoms with E-state index in [1.54, 1.807) is 24.3 Å². The summed E-state index contributed by atoms with van der Waals surface area (Å²) in [5, 5.41) is 0. The Labute approximate surface area is 116 Å². The van der Waals surface area contributed by atoms with E-state index in [4.69, 9.17) is 25.3 Å². The number of hydrogen-bond donors (Lipinski definition) is 5. The van der Waals surface area contributed by atoms with Crippen LogP contribution in [0.25, 0.3) is 0 Å². The molecule has 0 radical (unpaired) electrons. The van der Waals surface area contributed by atoms with Gasteiger partial charge >= 0.3 is 15.2 Å². The molecule has 8 nitrogen and oxygen atoms in total. The van der Waals surface area contributed by atoms with E-state index in [9.17, 15) is 9.13 Å². The zero-order valence-electron chi connectivity index (χ0n) is 10.7. The molecule has 6 N–H and O–H groups in total. The molecule has 114 valence electrons. The normalized spacial score (nSPS) is 12.8. The fourth-order valence-electron chi connectivity index (χ4n) is 1.68. The molecule has 0 aliphatic heterocycles. The van der Waals surface area contributed by atoms with Crippen molar-refractivity contribution in [3.8, 4) is 0 Å². The Hall–Kier alpha value is -0.720. The first-order chi connectivity index (χ1) is 9.05. The van der Waals surface area contributed by atoms with Crippen molar-refractivity contribution in [3.63, 3.8) is 0 Å². The molecule has 0 aliphatic rings. The lowest BCUT2D eigenvalue weighted by molar-refractivity contribution is 0.279. The number of benzene rings is 1. The lowest BCUT2D eigenvalue weighted by Crippen LogP contribution is -2.28. The summed E-state index contributed by atoms with van der Waals surface area (Å²) in [5.41, 5.74) is 6.99. The monoisotopic (exact) mass is 324 g/mol. The van der Waals surface area contributed by atoms with Gasteiger partial charge in [-0.1, -0.05) is 12.1 Å². The van der Waals surface area contributed by atoms with Crippen LogP contribution in [0, 0.1) is 0 Å². The smallest absolute Gasteiger partial charge is 0.339 e. The minimum atomic E-state index is -4.37. The Kier molecular flexibility index (Phi) is 5.91. The van der Waals surface area contributed by atoms with Gasteiger partial charge in [-0.2, -0.15) is 0 Å². The molecule has 20 heavy (non-hydrogen) atoms. The molecule has 0 amide bonds. The van der Waals surface area contributed by atoms with E-state index in [2.05, 4.69) is 0 Å². The van der Waals surface area contributed by atoms with Gasteiger partial charge in [-0.15, -0.1) is 0 Å². The fraction of sp³-hybridized carbons (Fsp3) is 0.400. The molecular formula is C10H18N2O6P2. The summed E-state index contributed by atoms with van der Waals surface area (Å²) in [4.78, 5) is 36.7. The van der Waals surface area contributed by atoms with E-state index >= 15 is 0 Å². The predicted octanol–water partition coefficient (Wildman–Crippen LogP) is 0.384. The van der Waals surface area contributed by atoms with Crippen LogP contribution in [-0.2, 0) is 15.6 Å². The van der Waals surface area contributed by atoms with Gasteiger partial charge in [0.05, 0.1) is 0 Å². The van der Waals surface area contributed by atoms with E-state index in [0.717, 1.165) is 10.5 Å². The number of hydrogen-bond acceptors (Lipinski definition) is 4. The van der Waals surface area contributed by atoms with E-state index in [0.29, 0.717) is 12.1 Å². The van der Waals surface area contributed by atoms with Crippen LogP contribution in [0.5, 0.6) is 0 Å². The van der Waals surface area contributed by atoms with Gasteiger partial charge in [-0.3, -0.25) is 14.0 Å². The average molecular weight is 324 g/mol. The number of rotatable bonds is 7. The zero-order valence-corrected chi connectivity index (χ0v) is 12.5. The second-order valence-electron chi connectivity index (χ2n) is 4.50. The summed E-state index contributed by atoms with van der Waals surface area (Å²) in [7, 11) is -8.75. The van der Waals surface area contributed by atoms with Crippen molar-refractivity contribution in [1.82, 2.24) is 4.90 Å². The third kappa shape index (κ3) is 7.77. The predicted molar refractivity (Wildman–Crippen MR) is 75.1 cm³/mol. The molecule has 1 rings (SSSR count). The highest BCUT2D eigenvalue weighted by molar-refractivity contribution is 7.52. The van der Waals surface area contributed by atoms with Gasteiger partial charge in [0.25, 0.3) is 0 Å². The summed E-state index contributed by atoms with van der Waals surface area (Å²) in [5.74, 6) is 0.